The molecule has 4 rings (SSSR count). The second-order valence-corrected chi connectivity index (χ2v) is 8.54. The van der Waals surface area contributed by atoms with Crippen LogP contribution in [0, 0.1) is 11.6 Å². The Morgan fingerprint density at radius 2 is 1.69 bits per heavy atom. The summed E-state index contributed by atoms with van der Waals surface area (Å²) in [6.07, 6.45) is 0.770. The molecule has 1 aliphatic heterocycles. The Morgan fingerprint density at radius 1 is 0.971 bits per heavy atom. The first kappa shape index (κ1) is 24.3. The summed E-state index contributed by atoms with van der Waals surface area (Å²) in [6, 6.07) is 18.7. The van der Waals surface area contributed by atoms with E-state index < -0.39 is 23.5 Å². The van der Waals surface area contributed by atoms with Gasteiger partial charge in [0.25, 0.3) is 0 Å². The summed E-state index contributed by atoms with van der Waals surface area (Å²) in [6.45, 7) is 2.91. The maximum Gasteiger partial charge on any atom is 0.304 e. The summed E-state index contributed by atoms with van der Waals surface area (Å²) in [4.78, 5) is 15.9. The molecule has 1 unspecified atom stereocenters. The molecule has 1 atom stereocenters. The molecule has 182 valence electrons. The lowest BCUT2D eigenvalue weighted by Gasteiger charge is -2.18. The molecule has 3 aromatic rings. The molecule has 0 aliphatic carbocycles. The highest BCUT2D eigenvalue weighted by Gasteiger charge is 2.20. The zero-order chi connectivity index (χ0) is 24.6. The molecule has 0 amide bonds. The van der Waals surface area contributed by atoms with Gasteiger partial charge in [-0.3, -0.25) is 9.79 Å². The average Bonchev–Trinajstić information content (AvgIpc) is 2.83. The van der Waals surface area contributed by atoms with Gasteiger partial charge < -0.3 is 21.1 Å². The number of benzene rings is 3. The van der Waals surface area contributed by atoms with Crippen molar-refractivity contribution in [1.29, 1.82) is 0 Å². The summed E-state index contributed by atoms with van der Waals surface area (Å²) < 4.78 is 27.6. The third kappa shape index (κ3) is 7.10. The van der Waals surface area contributed by atoms with Gasteiger partial charge in [0.1, 0.15) is 11.6 Å². The van der Waals surface area contributed by atoms with E-state index >= 15 is 0 Å². The Morgan fingerprint density at radius 3 is 2.37 bits per heavy atom. The van der Waals surface area contributed by atoms with Crippen molar-refractivity contribution < 1.29 is 18.7 Å². The lowest BCUT2D eigenvalue weighted by atomic mass is 9.87. The van der Waals surface area contributed by atoms with E-state index in [0.717, 1.165) is 48.4 Å². The molecule has 0 saturated carbocycles. The fraction of sp³-hybridized carbons (Fsp3) is 0.259. The van der Waals surface area contributed by atoms with Crippen molar-refractivity contribution in [2.45, 2.75) is 31.8 Å². The van der Waals surface area contributed by atoms with Crippen LogP contribution in [-0.4, -0.2) is 30.1 Å². The summed E-state index contributed by atoms with van der Waals surface area (Å²) in [5.74, 6) is -2.36. The summed E-state index contributed by atoms with van der Waals surface area (Å²) in [7, 11) is 0. The number of aliphatic imine (C=N–C) groups is 1. The van der Waals surface area contributed by atoms with E-state index in [2.05, 4.69) is 27.0 Å². The molecular weight excluding hydrogens is 450 g/mol. The first-order valence-electron chi connectivity index (χ1n) is 11.6. The van der Waals surface area contributed by atoms with Gasteiger partial charge in [0.15, 0.2) is 5.96 Å². The highest BCUT2D eigenvalue weighted by molar-refractivity contribution is 5.93. The van der Waals surface area contributed by atoms with Gasteiger partial charge in [0.05, 0.1) is 6.42 Å². The smallest absolute Gasteiger partial charge is 0.304 e. The minimum atomic E-state index is -1.04. The first-order valence-corrected chi connectivity index (χ1v) is 11.6. The number of hydrogen-bond acceptors (Lipinski definition) is 5. The molecule has 0 bridgehead atoms. The summed E-state index contributed by atoms with van der Waals surface area (Å²) >= 11 is 0. The van der Waals surface area contributed by atoms with Gasteiger partial charge in [0, 0.05) is 43.9 Å². The average molecular weight is 479 g/mol. The standard InChI is InChI=1S/C27H28F2N4O2/c28-22-12-21(13-23(29)14-22)25(15-26(34)35)20-6-1-4-18(10-20)16-30-17-19-5-2-7-24(11-19)33-27-31-8-3-9-32-27/h1-2,4-7,10-14,25,30H,3,8-9,15-17H2,(H,34,35)(H2,31,32,33). The van der Waals surface area contributed by atoms with Crippen molar-refractivity contribution in [3.8, 4) is 0 Å². The van der Waals surface area contributed by atoms with E-state index in [4.69, 9.17) is 0 Å². The number of carbonyl (C=O) groups is 1. The molecule has 1 heterocycles. The Kier molecular flexibility index (Phi) is 8.05. The van der Waals surface area contributed by atoms with Crippen molar-refractivity contribution in [3.05, 3.63) is 101 Å². The van der Waals surface area contributed by atoms with Crippen molar-refractivity contribution in [3.63, 3.8) is 0 Å². The van der Waals surface area contributed by atoms with Crippen molar-refractivity contribution >= 4 is 17.6 Å². The molecule has 0 radical (unpaired) electrons. The summed E-state index contributed by atoms with van der Waals surface area (Å²) in [5, 5.41) is 19.3. The lowest BCUT2D eigenvalue weighted by molar-refractivity contribution is -0.137. The molecule has 0 spiro atoms. The number of carboxylic acids is 1. The number of anilines is 1. The molecule has 3 aromatic carbocycles. The van der Waals surface area contributed by atoms with Gasteiger partial charge in [-0.25, -0.2) is 8.78 Å². The second-order valence-electron chi connectivity index (χ2n) is 8.54. The van der Waals surface area contributed by atoms with Crippen LogP contribution >= 0.6 is 0 Å². The van der Waals surface area contributed by atoms with Gasteiger partial charge in [-0.15, -0.1) is 0 Å². The van der Waals surface area contributed by atoms with Crippen LogP contribution in [0.1, 0.15) is 41.0 Å². The number of hydrogen-bond donors (Lipinski definition) is 4. The predicted molar refractivity (Wildman–Crippen MR) is 132 cm³/mol. The Hall–Kier alpha value is -3.78. The van der Waals surface area contributed by atoms with E-state index in [1.54, 1.807) is 6.07 Å². The van der Waals surface area contributed by atoms with E-state index in [0.29, 0.717) is 24.2 Å². The largest absolute Gasteiger partial charge is 0.481 e. The van der Waals surface area contributed by atoms with Crippen molar-refractivity contribution in [1.82, 2.24) is 10.6 Å². The number of halogens is 2. The minimum Gasteiger partial charge on any atom is -0.481 e. The number of rotatable bonds is 9. The van der Waals surface area contributed by atoms with Gasteiger partial charge in [0.2, 0.25) is 0 Å². The number of nitrogens with one attached hydrogen (secondary N) is 3. The van der Waals surface area contributed by atoms with Gasteiger partial charge in [-0.2, -0.15) is 0 Å². The second kappa shape index (κ2) is 11.6. The normalized spacial score (nSPS) is 14.1. The van der Waals surface area contributed by atoms with Crippen molar-refractivity contribution in [2.24, 2.45) is 4.99 Å². The van der Waals surface area contributed by atoms with Crippen LogP contribution in [0.15, 0.2) is 71.7 Å². The lowest BCUT2D eigenvalue weighted by Crippen LogP contribution is -2.35. The molecule has 1 aliphatic rings. The number of carboxylic acid groups (broad SMARTS) is 1. The summed E-state index contributed by atoms with van der Waals surface area (Å²) in [5.41, 5.74) is 4.00. The number of nitrogens with zero attached hydrogens (tertiary/aromatic N) is 1. The van der Waals surface area contributed by atoms with E-state index in [1.165, 1.54) is 12.1 Å². The number of aliphatic carboxylic acids is 1. The zero-order valence-electron chi connectivity index (χ0n) is 19.2. The fourth-order valence-corrected chi connectivity index (χ4v) is 4.16. The van der Waals surface area contributed by atoms with Crippen molar-refractivity contribution in [2.75, 3.05) is 18.4 Å². The molecule has 4 N–H and O–H groups in total. The van der Waals surface area contributed by atoms with Crippen LogP contribution in [-0.2, 0) is 17.9 Å². The SMILES string of the molecule is O=C(O)CC(c1cc(F)cc(F)c1)c1cccc(CNCc2cccc(NC3=NCCCN3)c2)c1. The zero-order valence-corrected chi connectivity index (χ0v) is 19.2. The van der Waals surface area contributed by atoms with Crippen LogP contribution in [0.25, 0.3) is 0 Å². The monoisotopic (exact) mass is 478 g/mol. The molecule has 0 aromatic heterocycles. The topological polar surface area (TPSA) is 85.8 Å². The Bertz CT molecular complexity index is 1200. The third-order valence-electron chi connectivity index (χ3n) is 5.76. The van der Waals surface area contributed by atoms with Crippen LogP contribution in [0.3, 0.4) is 0 Å². The first-order chi connectivity index (χ1) is 17.0. The maximum atomic E-state index is 13.8. The van der Waals surface area contributed by atoms with Gasteiger partial charge in [-0.1, -0.05) is 36.4 Å². The van der Waals surface area contributed by atoms with E-state index in [9.17, 15) is 18.7 Å². The highest BCUT2D eigenvalue weighted by Crippen LogP contribution is 2.30. The third-order valence-corrected chi connectivity index (χ3v) is 5.76. The fourth-order valence-electron chi connectivity index (χ4n) is 4.16. The molecule has 0 fully saturated rings. The quantitative estimate of drug-likeness (QED) is 0.361. The maximum absolute atomic E-state index is 13.8. The minimum absolute atomic E-state index is 0.264. The van der Waals surface area contributed by atoms with Gasteiger partial charge in [-0.05, 0) is 52.9 Å². The highest BCUT2D eigenvalue weighted by atomic mass is 19.1. The molecule has 0 saturated heterocycles. The van der Waals surface area contributed by atoms with E-state index in [-0.39, 0.29) is 6.42 Å². The number of guanidine groups is 1. The Balaban J connectivity index is 1.42. The van der Waals surface area contributed by atoms with Crippen LogP contribution in [0.4, 0.5) is 14.5 Å². The van der Waals surface area contributed by atoms with Crippen LogP contribution < -0.4 is 16.0 Å². The van der Waals surface area contributed by atoms with E-state index in [1.807, 2.05) is 36.4 Å². The molecule has 35 heavy (non-hydrogen) atoms. The molecular formula is C27H28F2N4O2. The predicted octanol–water partition coefficient (Wildman–Crippen LogP) is 4.62. The molecule has 8 heteroatoms. The van der Waals surface area contributed by atoms with Gasteiger partial charge >= 0.3 is 5.97 Å². The Labute approximate surface area is 203 Å². The van der Waals surface area contributed by atoms with Crippen LogP contribution in [0.5, 0.6) is 0 Å². The van der Waals surface area contributed by atoms with Crippen LogP contribution in [0.2, 0.25) is 0 Å². The molecule has 6 nitrogen and oxygen atoms in total.